The van der Waals surface area contributed by atoms with E-state index in [0.717, 1.165) is 18.3 Å². The van der Waals surface area contributed by atoms with Crippen molar-refractivity contribution in [3.8, 4) is 0 Å². The highest BCUT2D eigenvalue weighted by molar-refractivity contribution is 9.10. The van der Waals surface area contributed by atoms with Gasteiger partial charge in [-0.05, 0) is 46.3 Å². The number of halogens is 3. The van der Waals surface area contributed by atoms with Gasteiger partial charge in [0.1, 0.15) is 11.6 Å². The molecular weight excluding hydrogens is 414 g/mol. The largest absolute Gasteiger partial charge is 0.348 e. The molecule has 1 saturated heterocycles. The van der Waals surface area contributed by atoms with Crippen LogP contribution >= 0.6 is 15.9 Å². The molecule has 1 aliphatic carbocycles. The third-order valence-electron chi connectivity index (χ3n) is 6.16. The molecule has 0 bridgehead atoms. The van der Waals surface area contributed by atoms with E-state index in [2.05, 4.69) is 22.9 Å². The first kappa shape index (κ1) is 21.2. The predicted octanol–water partition coefficient (Wildman–Crippen LogP) is 7.17. The van der Waals surface area contributed by atoms with E-state index in [4.69, 9.17) is 9.47 Å². The van der Waals surface area contributed by atoms with Crippen LogP contribution in [0.3, 0.4) is 0 Å². The zero-order valence-corrected chi connectivity index (χ0v) is 17.8. The van der Waals surface area contributed by atoms with Crippen LogP contribution in [0.4, 0.5) is 8.78 Å². The molecule has 2 aliphatic rings. The van der Waals surface area contributed by atoms with E-state index in [-0.39, 0.29) is 4.47 Å². The molecule has 152 valence electrons. The van der Waals surface area contributed by atoms with Crippen molar-refractivity contribution in [1.29, 1.82) is 0 Å². The van der Waals surface area contributed by atoms with Crippen molar-refractivity contribution in [1.82, 2.24) is 0 Å². The van der Waals surface area contributed by atoms with Gasteiger partial charge in [0.2, 0.25) is 0 Å². The van der Waals surface area contributed by atoms with Crippen molar-refractivity contribution in [2.24, 2.45) is 17.8 Å². The van der Waals surface area contributed by atoms with Crippen LogP contribution in [0.2, 0.25) is 0 Å². The summed E-state index contributed by atoms with van der Waals surface area (Å²) in [5.41, 5.74) is 0.400. The first-order chi connectivity index (χ1) is 13.1. The van der Waals surface area contributed by atoms with Gasteiger partial charge >= 0.3 is 0 Å². The maximum atomic E-state index is 13.7. The number of rotatable bonds is 7. The van der Waals surface area contributed by atoms with Gasteiger partial charge in [-0.25, -0.2) is 8.78 Å². The molecule has 2 fully saturated rings. The molecule has 0 radical (unpaired) electrons. The van der Waals surface area contributed by atoms with Gasteiger partial charge in [0.15, 0.2) is 6.29 Å². The molecule has 0 atom stereocenters. The van der Waals surface area contributed by atoms with Gasteiger partial charge in [-0.3, -0.25) is 0 Å². The van der Waals surface area contributed by atoms with E-state index >= 15 is 0 Å². The minimum Gasteiger partial charge on any atom is -0.348 e. The van der Waals surface area contributed by atoms with Crippen molar-refractivity contribution in [3.05, 3.63) is 33.8 Å². The molecule has 27 heavy (non-hydrogen) atoms. The zero-order chi connectivity index (χ0) is 19.2. The van der Waals surface area contributed by atoms with Crippen LogP contribution in [0.1, 0.15) is 76.6 Å². The second kappa shape index (κ2) is 10.3. The third-order valence-corrected chi connectivity index (χ3v) is 6.92. The van der Waals surface area contributed by atoms with Crippen LogP contribution in [0.5, 0.6) is 0 Å². The minimum atomic E-state index is -0.674. The quantitative estimate of drug-likeness (QED) is 0.415. The van der Waals surface area contributed by atoms with Crippen LogP contribution in [-0.2, 0) is 9.47 Å². The summed E-state index contributed by atoms with van der Waals surface area (Å²) < 4.78 is 38.8. The summed E-state index contributed by atoms with van der Waals surface area (Å²) >= 11 is 2.89. The minimum absolute atomic E-state index is 0.149. The SMILES string of the molecule is CCCCC1CCC(CCC2COC(c3cc(F)c(Br)c(F)c3)OC2)CC1. The summed E-state index contributed by atoms with van der Waals surface area (Å²) in [5, 5.41) is 0. The average Bonchev–Trinajstić information content (AvgIpc) is 2.69. The van der Waals surface area contributed by atoms with E-state index in [1.54, 1.807) is 0 Å². The van der Waals surface area contributed by atoms with Gasteiger partial charge in [0.05, 0.1) is 17.7 Å². The molecule has 0 N–H and O–H groups in total. The van der Waals surface area contributed by atoms with Crippen LogP contribution in [-0.4, -0.2) is 13.2 Å². The average molecular weight is 445 g/mol. The van der Waals surface area contributed by atoms with Gasteiger partial charge in [0, 0.05) is 11.5 Å². The lowest BCUT2D eigenvalue weighted by atomic mass is 9.77. The summed E-state index contributed by atoms with van der Waals surface area (Å²) in [7, 11) is 0. The summed E-state index contributed by atoms with van der Waals surface area (Å²) in [4.78, 5) is 0. The molecule has 1 aliphatic heterocycles. The Labute approximate surface area is 170 Å². The van der Waals surface area contributed by atoms with Crippen LogP contribution in [0.15, 0.2) is 16.6 Å². The smallest absolute Gasteiger partial charge is 0.184 e. The first-order valence-electron chi connectivity index (χ1n) is 10.4. The maximum absolute atomic E-state index is 13.7. The summed E-state index contributed by atoms with van der Waals surface area (Å²) in [5.74, 6) is 0.914. The molecular formula is C22H31BrF2O2. The van der Waals surface area contributed by atoms with E-state index in [9.17, 15) is 8.78 Å². The number of benzene rings is 1. The molecule has 0 aromatic heterocycles. The van der Waals surface area contributed by atoms with Crippen molar-refractivity contribution in [3.63, 3.8) is 0 Å². The Balaban J connectivity index is 1.38. The van der Waals surface area contributed by atoms with Gasteiger partial charge in [-0.2, -0.15) is 0 Å². The molecule has 2 nitrogen and oxygen atoms in total. The lowest BCUT2D eigenvalue weighted by Crippen LogP contribution is -2.28. The predicted molar refractivity (Wildman–Crippen MR) is 106 cm³/mol. The number of hydrogen-bond donors (Lipinski definition) is 0. The van der Waals surface area contributed by atoms with Gasteiger partial charge in [-0.1, -0.05) is 58.3 Å². The van der Waals surface area contributed by atoms with E-state index in [1.165, 1.54) is 63.5 Å². The van der Waals surface area contributed by atoms with Crippen LogP contribution in [0.25, 0.3) is 0 Å². The Hall–Kier alpha value is -0.520. The topological polar surface area (TPSA) is 18.5 Å². The van der Waals surface area contributed by atoms with Crippen molar-refractivity contribution in [2.75, 3.05) is 13.2 Å². The molecule has 1 aromatic carbocycles. The second-order valence-corrected chi connectivity index (χ2v) is 9.06. The fourth-order valence-corrected chi connectivity index (χ4v) is 4.62. The fourth-order valence-electron chi connectivity index (χ4n) is 4.39. The molecule has 0 spiro atoms. The molecule has 0 unspecified atom stereocenters. The Morgan fingerprint density at radius 3 is 1.96 bits per heavy atom. The van der Waals surface area contributed by atoms with Crippen molar-refractivity contribution < 1.29 is 18.3 Å². The highest BCUT2D eigenvalue weighted by atomic mass is 79.9. The standard InChI is InChI=1S/C22H31BrF2O2/c1-2-3-4-15-5-7-16(8-6-15)9-10-17-13-26-22(27-14-17)18-11-19(24)21(23)20(25)12-18/h11-12,15-17,22H,2-10,13-14H2,1H3. The van der Waals surface area contributed by atoms with E-state index in [0.29, 0.717) is 24.7 Å². The normalized spacial score (nSPS) is 29.0. The summed E-state index contributed by atoms with van der Waals surface area (Å²) in [6.45, 7) is 3.46. The Morgan fingerprint density at radius 2 is 1.41 bits per heavy atom. The van der Waals surface area contributed by atoms with E-state index < -0.39 is 17.9 Å². The third kappa shape index (κ3) is 5.98. The monoisotopic (exact) mass is 444 g/mol. The highest BCUT2D eigenvalue weighted by Crippen LogP contribution is 2.36. The maximum Gasteiger partial charge on any atom is 0.184 e. The molecule has 1 aromatic rings. The van der Waals surface area contributed by atoms with Crippen molar-refractivity contribution in [2.45, 2.75) is 71.0 Å². The lowest BCUT2D eigenvalue weighted by molar-refractivity contribution is -0.206. The zero-order valence-electron chi connectivity index (χ0n) is 16.2. The van der Waals surface area contributed by atoms with Crippen LogP contribution in [0, 0.1) is 29.4 Å². The Kier molecular flexibility index (Phi) is 8.10. The molecule has 5 heteroatoms. The molecule has 0 amide bonds. The van der Waals surface area contributed by atoms with Gasteiger partial charge < -0.3 is 9.47 Å². The van der Waals surface area contributed by atoms with Gasteiger partial charge in [0.25, 0.3) is 0 Å². The van der Waals surface area contributed by atoms with Crippen molar-refractivity contribution >= 4 is 15.9 Å². The lowest BCUT2D eigenvalue weighted by Gasteiger charge is -2.32. The Bertz CT molecular complexity index is 571. The second-order valence-electron chi connectivity index (χ2n) is 8.27. The summed E-state index contributed by atoms with van der Waals surface area (Å²) in [6, 6.07) is 2.55. The fraction of sp³-hybridized carbons (Fsp3) is 0.727. The van der Waals surface area contributed by atoms with Gasteiger partial charge in [-0.15, -0.1) is 0 Å². The molecule has 1 heterocycles. The molecule has 1 saturated carbocycles. The number of unbranched alkanes of at least 4 members (excludes halogenated alkanes) is 1. The van der Waals surface area contributed by atoms with Crippen LogP contribution < -0.4 is 0 Å². The highest BCUT2D eigenvalue weighted by Gasteiger charge is 2.27. The number of hydrogen-bond acceptors (Lipinski definition) is 2. The van der Waals surface area contributed by atoms with E-state index in [1.807, 2.05) is 0 Å². The molecule has 3 rings (SSSR count). The number of ether oxygens (including phenoxy) is 2. The Morgan fingerprint density at radius 1 is 0.889 bits per heavy atom. The first-order valence-corrected chi connectivity index (χ1v) is 11.2. The summed E-state index contributed by atoms with van der Waals surface area (Å²) in [6.07, 6.45) is 11.3.